The molecule has 1 saturated carbocycles. The van der Waals surface area contributed by atoms with Crippen molar-refractivity contribution in [2.24, 2.45) is 11.7 Å². The predicted octanol–water partition coefficient (Wildman–Crippen LogP) is 3.64. The topological polar surface area (TPSA) is 26.0 Å². The monoisotopic (exact) mass is 297 g/mol. The molecule has 3 atom stereocenters. The second-order valence-corrected chi connectivity index (χ2v) is 8.50. The summed E-state index contributed by atoms with van der Waals surface area (Å²) in [6, 6.07) is 22.4. The number of benzene rings is 2. The van der Waals surface area contributed by atoms with Crippen LogP contribution in [0.2, 0.25) is 0 Å². The van der Waals surface area contributed by atoms with Crippen LogP contribution in [0.4, 0.5) is 0 Å². The summed E-state index contributed by atoms with van der Waals surface area (Å²) in [4.78, 5) is 0. The van der Waals surface area contributed by atoms with E-state index in [2.05, 4.69) is 67.6 Å². The van der Waals surface area contributed by atoms with Gasteiger partial charge in [0.1, 0.15) is 0 Å². The smallest absolute Gasteiger partial charge is 0.00450 e. The average Bonchev–Trinajstić information content (AvgIpc) is 2.99. The summed E-state index contributed by atoms with van der Waals surface area (Å²) >= 11 is 0. The Kier molecular flexibility index (Phi) is 4.73. The molecule has 1 aliphatic carbocycles. The summed E-state index contributed by atoms with van der Waals surface area (Å²) in [5, 5.41) is 2.99. The first-order chi connectivity index (χ1) is 10.3. The zero-order chi connectivity index (χ0) is 14.7. The molecule has 0 bridgehead atoms. The van der Waals surface area contributed by atoms with E-state index in [0.29, 0.717) is 12.0 Å². The predicted molar refractivity (Wildman–Crippen MR) is 93.9 cm³/mol. The minimum absolute atomic E-state index is 0.301. The van der Waals surface area contributed by atoms with Crippen molar-refractivity contribution in [1.82, 2.24) is 0 Å². The van der Waals surface area contributed by atoms with Gasteiger partial charge in [-0.2, -0.15) is 0 Å². The van der Waals surface area contributed by atoms with E-state index >= 15 is 0 Å². The first kappa shape index (κ1) is 14.8. The fourth-order valence-corrected chi connectivity index (χ4v) is 6.91. The third-order valence-corrected chi connectivity index (χ3v) is 7.62. The maximum atomic E-state index is 6.29. The van der Waals surface area contributed by atoms with Crippen molar-refractivity contribution in [1.29, 1.82) is 0 Å². The largest absolute Gasteiger partial charge is 0.328 e. The molecule has 2 N–H and O–H groups in total. The Labute approximate surface area is 129 Å². The highest BCUT2D eigenvalue weighted by Gasteiger charge is 2.36. The third-order valence-electron chi connectivity index (χ3n) is 4.61. The van der Waals surface area contributed by atoms with E-state index in [-0.39, 0.29) is 7.92 Å². The molecule has 0 spiro atoms. The van der Waals surface area contributed by atoms with Gasteiger partial charge in [-0.3, -0.25) is 0 Å². The molecule has 3 rings (SSSR count). The molecule has 0 saturated heterocycles. The quantitative estimate of drug-likeness (QED) is 0.857. The first-order valence-corrected chi connectivity index (χ1v) is 9.33. The minimum Gasteiger partial charge on any atom is -0.328 e. The molecule has 0 radical (unpaired) electrons. The van der Waals surface area contributed by atoms with Crippen molar-refractivity contribution in [3.63, 3.8) is 0 Å². The van der Waals surface area contributed by atoms with E-state index in [0.717, 1.165) is 5.66 Å². The van der Waals surface area contributed by atoms with E-state index < -0.39 is 0 Å². The zero-order valence-corrected chi connectivity index (χ0v) is 13.5. The molecule has 0 amide bonds. The first-order valence-electron chi connectivity index (χ1n) is 7.92. The van der Waals surface area contributed by atoms with Gasteiger partial charge in [0.25, 0.3) is 0 Å². The minimum atomic E-state index is -0.304. The van der Waals surface area contributed by atoms with Gasteiger partial charge in [0, 0.05) is 6.04 Å². The molecule has 1 aliphatic rings. The lowest BCUT2D eigenvalue weighted by Crippen LogP contribution is -2.34. The summed E-state index contributed by atoms with van der Waals surface area (Å²) in [6.45, 7) is 2.19. The van der Waals surface area contributed by atoms with Crippen LogP contribution in [-0.2, 0) is 0 Å². The lowest BCUT2D eigenvalue weighted by molar-refractivity contribution is 0.465. The van der Waals surface area contributed by atoms with E-state index in [1.165, 1.54) is 29.9 Å². The van der Waals surface area contributed by atoms with Crippen molar-refractivity contribution in [3.8, 4) is 0 Å². The standard InChI is InChI=1S/C19H24NP/c1-15(20)18-13-8-14-19(18)21(16-9-4-2-5-10-16)17-11-6-3-7-12-17/h2-7,9-12,15,18-19H,8,13-14,20H2,1H3. The second-order valence-electron chi connectivity index (χ2n) is 6.06. The van der Waals surface area contributed by atoms with Crippen LogP contribution < -0.4 is 16.3 Å². The fraction of sp³-hybridized carbons (Fsp3) is 0.368. The number of rotatable bonds is 4. The van der Waals surface area contributed by atoms with E-state index in [1.54, 1.807) is 0 Å². The summed E-state index contributed by atoms with van der Waals surface area (Å²) < 4.78 is 0. The van der Waals surface area contributed by atoms with Crippen LogP contribution in [0.15, 0.2) is 60.7 Å². The van der Waals surface area contributed by atoms with Crippen LogP contribution in [0.25, 0.3) is 0 Å². The lowest BCUT2D eigenvalue weighted by atomic mass is 10.0. The molecule has 2 aromatic rings. The molecule has 110 valence electrons. The Morgan fingerprint density at radius 1 is 0.905 bits per heavy atom. The molecule has 1 nitrogen and oxygen atoms in total. The second kappa shape index (κ2) is 6.73. The van der Waals surface area contributed by atoms with Gasteiger partial charge in [-0.15, -0.1) is 0 Å². The molecule has 2 heteroatoms. The average molecular weight is 297 g/mol. The molecule has 0 aliphatic heterocycles. The SMILES string of the molecule is CC(N)C1CCCC1P(c1ccccc1)c1ccccc1. The van der Waals surface area contributed by atoms with Gasteiger partial charge in [0.2, 0.25) is 0 Å². The van der Waals surface area contributed by atoms with Gasteiger partial charge >= 0.3 is 0 Å². The molecule has 1 fully saturated rings. The van der Waals surface area contributed by atoms with Crippen molar-refractivity contribution in [3.05, 3.63) is 60.7 Å². The summed E-state index contributed by atoms with van der Waals surface area (Å²) in [5.74, 6) is 0.663. The van der Waals surface area contributed by atoms with Gasteiger partial charge in [-0.05, 0) is 49.9 Å². The van der Waals surface area contributed by atoms with E-state index in [4.69, 9.17) is 5.73 Å². The van der Waals surface area contributed by atoms with Gasteiger partial charge in [0.05, 0.1) is 0 Å². The molecule has 21 heavy (non-hydrogen) atoms. The Hall–Kier alpha value is -1.17. The number of hydrogen-bond donors (Lipinski definition) is 1. The van der Waals surface area contributed by atoms with Gasteiger partial charge in [0.15, 0.2) is 0 Å². The Bertz CT molecular complexity index is 513. The molecule has 2 aromatic carbocycles. The highest BCUT2D eigenvalue weighted by atomic mass is 31.1. The maximum absolute atomic E-state index is 6.29. The summed E-state index contributed by atoms with van der Waals surface area (Å²) in [6.07, 6.45) is 3.94. The van der Waals surface area contributed by atoms with Gasteiger partial charge < -0.3 is 5.73 Å². The van der Waals surface area contributed by atoms with Crippen molar-refractivity contribution in [2.45, 2.75) is 37.9 Å². The Morgan fingerprint density at radius 2 is 1.43 bits per heavy atom. The van der Waals surface area contributed by atoms with Crippen LogP contribution in [0.5, 0.6) is 0 Å². The van der Waals surface area contributed by atoms with Crippen molar-refractivity contribution >= 4 is 18.5 Å². The molecule has 3 unspecified atom stereocenters. The maximum Gasteiger partial charge on any atom is 0.00450 e. The third kappa shape index (κ3) is 3.20. The zero-order valence-electron chi connectivity index (χ0n) is 12.7. The summed E-state index contributed by atoms with van der Waals surface area (Å²) in [5.41, 5.74) is 7.02. The van der Waals surface area contributed by atoms with E-state index in [1.807, 2.05) is 0 Å². The van der Waals surface area contributed by atoms with E-state index in [9.17, 15) is 0 Å². The van der Waals surface area contributed by atoms with Crippen LogP contribution in [0.3, 0.4) is 0 Å². The molecule has 0 heterocycles. The lowest BCUT2D eigenvalue weighted by Gasteiger charge is -2.32. The van der Waals surface area contributed by atoms with Gasteiger partial charge in [-0.25, -0.2) is 0 Å². The Balaban J connectivity index is 2.01. The Morgan fingerprint density at radius 3 is 1.90 bits per heavy atom. The molecule has 0 aromatic heterocycles. The van der Waals surface area contributed by atoms with Crippen LogP contribution in [0, 0.1) is 5.92 Å². The van der Waals surface area contributed by atoms with Crippen molar-refractivity contribution in [2.75, 3.05) is 0 Å². The normalized spacial score (nSPS) is 23.4. The molecular formula is C19H24NP. The van der Waals surface area contributed by atoms with Crippen molar-refractivity contribution < 1.29 is 0 Å². The molecular weight excluding hydrogens is 273 g/mol. The number of nitrogens with two attached hydrogens (primary N) is 1. The number of hydrogen-bond acceptors (Lipinski definition) is 1. The van der Waals surface area contributed by atoms with Crippen LogP contribution in [-0.4, -0.2) is 11.7 Å². The van der Waals surface area contributed by atoms with Crippen LogP contribution >= 0.6 is 7.92 Å². The van der Waals surface area contributed by atoms with Gasteiger partial charge in [-0.1, -0.05) is 67.1 Å². The van der Waals surface area contributed by atoms with Crippen LogP contribution in [0.1, 0.15) is 26.2 Å². The highest BCUT2D eigenvalue weighted by Crippen LogP contribution is 2.50. The summed E-state index contributed by atoms with van der Waals surface area (Å²) in [7, 11) is -0.304. The fourth-order valence-electron chi connectivity index (χ4n) is 3.61. The highest BCUT2D eigenvalue weighted by molar-refractivity contribution is 7.73.